The lowest BCUT2D eigenvalue weighted by Crippen LogP contribution is -2.50. The SMILES string of the molecule is CC(C)(C)OC(=O)N1CCN(c2nc(-c3ccccc3)c3cc(NC(=O)CCCC(=O)O)ccc3n2)CC1. The molecule has 2 heterocycles. The standard InChI is InChI=1S/C28H33N5O5/c1-28(2,3)38-27(37)33-16-14-32(15-17-33)26-30-22-13-12-20(29-23(34)10-7-11-24(35)36)18-21(22)25(31-26)19-8-5-4-6-9-19/h4-6,8-9,12-13,18H,7,10-11,14-17H2,1-3H3,(H,29,34)(H,35,36). The maximum atomic E-state index is 12.5. The molecule has 1 aliphatic heterocycles. The van der Waals surface area contributed by atoms with Gasteiger partial charge in [0.1, 0.15) is 5.60 Å². The second kappa shape index (κ2) is 11.5. The van der Waals surface area contributed by atoms with Crippen LogP contribution < -0.4 is 10.2 Å². The number of hydrogen-bond acceptors (Lipinski definition) is 7. The van der Waals surface area contributed by atoms with Crippen molar-refractivity contribution in [3.8, 4) is 11.3 Å². The van der Waals surface area contributed by atoms with Crippen molar-refractivity contribution in [2.45, 2.75) is 45.6 Å². The van der Waals surface area contributed by atoms with Gasteiger partial charge in [0, 0.05) is 55.7 Å². The fourth-order valence-corrected chi connectivity index (χ4v) is 4.19. The van der Waals surface area contributed by atoms with E-state index < -0.39 is 11.6 Å². The van der Waals surface area contributed by atoms with Gasteiger partial charge in [-0.15, -0.1) is 0 Å². The Morgan fingerprint density at radius 2 is 1.68 bits per heavy atom. The Morgan fingerprint density at radius 1 is 0.974 bits per heavy atom. The van der Waals surface area contributed by atoms with Gasteiger partial charge in [0.2, 0.25) is 11.9 Å². The summed E-state index contributed by atoms with van der Waals surface area (Å²) in [5.74, 6) is -0.590. The van der Waals surface area contributed by atoms with Crippen molar-refractivity contribution in [2.75, 3.05) is 36.4 Å². The van der Waals surface area contributed by atoms with Crippen molar-refractivity contribution < 1.29 is 24.2 Å². The van der Waals surface area contributed by atoms with Gasteiger partial charge in [0.05, 0.1) is 11.2 Å². The Kier molecular flexibility index (Phi) is 8.09. The third-order valence-electron chi connectivity index (χ3n) is 6.02. The van der Waals surface area contributed by atoms with Crippen LogP contribution in [0.1, 0.15) is 40.0 Å². The molecule has 2 amide bonds. The highest BCUT2D eigenvalue weighted by molar-refractivity contribution is 5.98. The smallest absolute Gasteiger partial charge is 0.410 e. The number of aromatic nitrogens is 2. The minimum atomic E-state index is -0.921. The number of nitrogens with zero attached hydrogens (tertiary/aromatic N) is 4. The summed E-state index contributed by atoms with van der Waals surface area (Å²) in [5.41, 5.74) is 2.43. The summed E-state index contributed by atoms with van der Waals surface area (Å²) in [5, 5.41) is 12.4. The monoisotopic (exact) mass is 519 g/mol. The molecule has 0 aliphatic carbocycles. The molecule has 2 N–H and O–H groups in total. The van der Waals surface area contributed by atoms with Crippen LogP contribution in [0, 0.1) is 0 Å². The van der Waals surface area contributed by atoms with Gasteiger partial charge in [-0.3, -0.25) is 9.59 Å². The molecule has 10 nitrogen and oxygen atoms in total. The number of anilines is 2. The van der Waals surface area contributed by atoms with Gasteiger partial charge >= 0.3 is 12.1 Å². The highest BCUT2D eigenvalue weighted by Gasteiger charge is 2.27. The number of aliphatic carboxylic acids is 1. The normalized spacial score (nSPS) is 13.9. The molecule has 1 aromatic heterocycles. The summed E-state index contributed by atoms with van der Waals surface area (Å²) in [6.45, 7) is 7.71. The Morgan fingerprint density at radius 3 is 2.34 bits per heavy atom. The number of carbonyl (C=O) groups is 3. The molecule has 38 heavy (non-hydrogen) atoms. The molecule has 0 spiro atoms. The van der Waals surface area contributed by atoms with Crippen molar-refractivity contribution >= 4 is 40.5 Å². The molecule has 200 valence electrons. The van der Waals surface area contributed by atoms with Crippen LogP contribution in [-0.2, 0) is 14.3 Å². The zero-order valence-electron chi connectivity index (χ0n) is 21.9. The van der Waals surface area contributed by atoms with Crippen LogP contribution in [-0.4, -0.2) is 69.7 Å². The molecule has 3 aromatic rings. The van der Waals surface area contributed by atoms with E-state index in [9.17, 15) is 14.4 Å². The lowest BCUT2D eigenvalue weighted by Gasteiger charge is -2.35. The van der Waals surface area contributed by atoms with Crippen molar-refractivity contribution in [3.05, 3.63) is 48.5 Å². The number of ether oxygens (including phenoxy) is 1. The average molecular weight is 520 g/mol. The van der Waals surface area contributed by atoms with E-state index in [2.05, 4.69) is 10.2 Å². The lowest BCUT2D eigenvalue weighted by molar-refractivity contribution is -0.137. The third-order valence-corrected chi connectivity index (χ3v) is 6.02. The Bertz CT molecular complexity index is 1310. The molecule has 0 radical (unpaired) electrons. The van der Waals surface area contributed by atoms with E-state index in [0.717, 1.165) is 22.2 Å². The zero-order valence-corrected chi connectivity index (χ0v) is 21.9. The molecular formula is C28H33N5O5. The second-order valence-corrected chi connectivity index (χ2v) is 10.2. The molecule has 10 heteroatoms. The van der Waals surface area contributed by atoms with Gasteiger partial charge in [0.15, 0.2) is 0 Å². The topological polar surface area (TPSA) is 125 Å². The van der Waals surface area contributed by atoms with Crippen LogP contribution in [0.15, 0.2) is 48.5 Å². The van der Waals surface area contributed by atoms with Crippen LogP contribution >= 0.6 is 0 Å². The number of carbonyl (C=O) groups excluding carboxylic acids is 2. The summed E-state index contributed by atoms with van der Waals surface area (Å²) >= 11 is 0. The van der Waals surface area contributed by atoms with Crippen molar-refractivity contribution in [2.24, 2.45) is 0 Å². The molecule has 4 rings (SSSR count). The first-order chi connectivity index (χ1) is 18.1. The maximum Gasteiger partial charge on any atom is 0.410 e. The molecular weight excluding hydrogens is 486 g/mol. The number of carboxylic acid groups (broad SMARTS) is 1. The Hall–Kier alpha value is -4.21. The van der Waals surface area contributed by atoms with Gasteiger partial charge in [-0.2, -0.15) is 0 Å². The highest BCUT2D eigenvalue weighted by atomic mass is 16.6. The van der Waals surface area contributed by atoms with E-state index in [0.29, 0.717) is 37.8 Å². The zero-order chi connectivity index (χ0) is 27.3. The highest BCUT2D eigenvalue weighted by Crippen LogP contribution is 2.31. The van der Waals surface area contributed by atoms with E-state index in [-0.39, 0.29) is 31.3 Å². The molecule has 1 saturated heterocycles. The molecule has 0 saturated carbocycles. The fourth-order valence-electron chi connectivity index (χ4n) is 4.19. The van der Waals surface area contributed by atoms with Crippen LogP contribution in [0.4, 0.5) is 16.4 Å². The fraction of sp³-hybridized carbons (Fsp3) is 0.393. The molecule has 1 fully saturated rings. The van der Waals surface area contributed by atoms with Gasteiger partial charge in [-0.25, -0.2) is 14.8 Å². The Labute approximate surface area is 221 Å². The molecule has 2 aromatic carbocycles. The second-order valence-electron chi connectivity index (χ2n) is 10.2. The van der Waals surface area contributed by atoms with E-state index in [1.807, 2.05) is 63.2 Å². The minimum absolute atomic E-state index is 0.0497. The van der Waals surface area contributed by atoms with E-state index in [1.54, 1.807) is 11.0 Å². The number of fused-ring (bicyclic) bond motifs is 1. The average Bonchev–Trinajstić information content (AvgIpc) is 2.87. The van der Waals surface area contributed by atoms with Crippen LogP contribution in [0.5, 0.6) is 0 Å². The first-order valence-corrected chi connectivity index (χ1v) is 12.7. The number of hydrogen-bond donors (Lipinski definition) is 2. The van der Waals surface area contributed by atoms with Crippen LogP contribution in [0.2, 0.25) is 0 Å². The van der Waals surface area contributed by atoms with Crippen molar-refractivity contribution in [3.63, 3.8) is 0 Å². The number of amides is 2. The predicted octanol–water partition coefficient (Wildman–Crippen LogP) is 4.55. The van der Waals surface area contributed by atoms with Gasteiger partial charge in [-0.05, 0) is 45.4 Å². The van der Waals surface area contributed by atoms with E-state index in [4.69, 9.17) is 19.8 Å². The van der Waals surface area contributed by atoms with Gasteiger partial charge < -0.3 is 25.0 Å². The first kappa shape index (κ1) is 26.8. The van der Waals surface area contributed by atoms with Crippen molar-refractivity contribution in [1.82, 2.24) is 14.9 Å². The summed E-state index contributed by atoms with van der Waals surface area (Å²) in [4.78, 5) is 49.0. The molecule has 0 atom stereocenters. The molecule has 0 unspecified atom stereocenters. The van der Waals surface area contributed by atoms with E-state index in [1.165, 1.54) is 0 Å². The number of rotatable bonds is 7. The molecule has 1 aliphatic rings. The summed E-state index contributed by atoms with van der Waals surface area (Å²) in [6, 6.07) is 15.2. The summed E-state index contributed by atoms with van der Waals surface area (Å²) < 4.78 is 5.50. The number of carboxylic acids is 1. The van der Waals surface area contributed by atoms with Crippen LogP contribution in [0.25, 0.3) is 22.2 Å². The quantitative estimate of drug-likeness (QED) is 0.466. The Balaban J connectivity index is 1.57. The van der Waals surface area contributed by atoms with Gasteiger partial charge in [0.25, 0.3) is 0 Å². The third kappa shape index (κ3) is 6.96. The first-order valence-electron chi connectivity index (χ1n) is 12.7. The maximum absolute atomic E-state index is 12.5. The lowest BCUT2D eigenvalue weighted by atomic mass is 10.1. The largest absolute Gasteiger partial charge is 0.481 e. The summed E-state index contributed by atoms with van der Waals surface area (Å²) in [7, 11) is 0. The number of nitrogens with one attached hydrogen (secondary N) is 1. The minimum Gasteiger partial charge on any atom is -0.481 e. The number of benzene rings is 2. The van der Waals surface area contributed by atoms with E-state index >= 15 is 0 Å². The van der Waals surface area contributed by atoms with Gasteiger partial charge in [-0.1, -0.05) is 30.3 Å². The summed E-state index contributed by atoms with van der Waals surface area (Å²) in [6.07, 6.45) is 0.0311. The van der Waals surface area contributed by atoms with Crippen molar-refractivity contribution in [1.29, 1.82) is 0 Å². The molecule has 0 bridgehead atoms. The predicted molar refractivity (Wildman–Crippen MR) is 145 cm³/mol. The number of piperazine rings is 1. The van der Waals surface area contributed by atoms with Crippen LogP contribution in [0.3, 0.4) is 0 Å².